The van der Waals surface area contributed by atoms with Crippen LogP contribution in [0, 0.1) is 0 Å². The fraction of sp³-hybridized carbons (Fsp3) is 0.156. The zero-order valence-electron chi connectivity index (χ0n) is 22.0. The standard InChI is InChI=1S/C32H28N4O4/c1-38-26-14-12-23(13-15-26)20-35-31(36-17-16-33-34-36)27-18-29(39-21-24-8-4-2-5-9-24)30(19-28(27)32(35)37)40-22-25-10-6-3-7-11-25/h2-19,31H,20-22H2,1H3. The molecular weight excluding hydrogens is 504 g/mol. The maximum Gasteiger partial charge on any atom is 0.256 e. The van der Waals surface area contributed by atoms with E-state index in [-0.39, 0.29) is 5.91 Å². The number of benzene rings is 4. The van der Waals surface area contributed by atoms with E-state index in [1.165, 1.54) is 0 Å². The number of hydrogen-bond donors (Lipinski definition) is 0. The van der Waals surface area contributed by atoms with Crippen molar-refractivity contribution in [3.05, 3.63) is 137 Å². The molecule has 40 heavy (non-hydrogen) atoms. The van der Waals surface area contributed by atoms with E-state index in [4.69, 9.17) is 14.2 Å². The summed E-state index contributed by atoms with van der Waals surface area (Å²) in [5.41, 5.74) is 4.34. The number of fused-ring (bicyclic) bond motifs is 1. The second-order valence-corrected chi connectivity index (χ2v) is 9.47. The first-order chi connectivity index (χ1) is 19.7. The number of methoxy groups -OCH3 is 1. The van der Waals surface area contributed by atoms with Crippen LogP contribution < -0.4 is 14.2 Å². The van der Waals surface area contributed by atoms with E-state index < -0.39 is 6.17 Å². The van der Waals surface area contributed by atoms with Crippen LogP contribution in [0.15, 0.2) is 109 Å². The first-order valence-corrected chi connectivity index (χ1v) is 13.0. The van der Waals surface area contributed by atoms with E-state index in [0.717, 1.165) is 28.0 Å². The minimum absolute atomic E-state index is 0.120. The third-order valence-electron chi connectivity index (χ3n) is 6.86. The Labute approximate surface area is 232 Å². The molecule has 0 radical (unpaired) electrons. The van der Waals surface area contributed by atoms with E-state index in [1.807, 2.05) is 91.0 Å². The van der Waals surface area contributed by atoms with Crippen molar-refractivity contribution in [1.29, 1.82) is 0 Å². The van der Waals surface area contributed by atoms with E-state index >= 15 is 0 Å². The van der Waals surface area contributed by atoms with Crippen LogP contribution in [0.5, 0.6) is 17.2 Å². The number of hydrogen-bond acceptors (Lipinski definition) is 6. The van der Waals surface area contributed by atoms with Gasteiger partial charge in [0.05, 0.1) is 18.9 Å². The lowest BCUT2D eigenvalue weighted by atomic mass is 10.1. The molecule has 2 heterocycles. The van der Waals surface area contributed by atoms with E-state index in [2.05, 4.69) is 10.3 Å². The summed E-state index contributed by atoms with van der Waals surface area (Å²) in [7, 11) is 1.63. The average Bonchev–Trinajstić information content (AvgIpc) is 3.62. The first kappa shape index (κ1) is 25.2. The summed E-state index contributed by atoms with van der Waals surface area (Å²) in [6.07, 6.45) is 2.88. The van der Waals surface area contributed by atoms with Crippen LogP contribution in [0.25, 0.3) is 0 Å². The molecule has 0 bridgehead atoms. The third-order valence-corrected chi connectivity index (χ3v) is 6.86. The quantitative estimate of drug-likeness (QED) is 0.231. The number of ether oxygens (including phenoxy) is 3. The third kappa shape index (κ3) is 5.24. The monoisotopic (exact) mass is 532 g/mol. The molecule has 200 valence electrons. The van der Waals surface area contributed by atoms with Crippen molar-refractivity contribution in [2.75, 3.05) is 7.11 Å². The Morgan fingerprint density at radius 3 is 1.98 bits per heavy atom. The van der Waals surface area contributed by atoms with Gasteiger partial charge in [-0.15, -0.1) is 5.10 Å². The van der Waals surface area contributed by atoms with Crippen LogP contribution >= 0.6 is 0 Å². The maximum absolute atomic E-state index is 13.9. The summed E-state index contributed by atoms with van der Waals surface area (Å²) < 4.78 is 19.5. The van der Waals surface area contributed by atoms with Crippen LogP contribution in [0.1, 0.15) is 38.8 Å². The van der Waals surface area contributed by atoms with Crippen molar-refractivity contribution in [2.24, 2.45) is 0 Å². The van der Waals surface area contributed by atoms with Gasteiger partial charge in [0.2, 0.25) is 0 Å². The number of amides is 1. The Morgan fingerprint density at radius 2 is 1.40 bits per heavy atom. The molecule has 0 saturated carbocycles. The average molecular weight is 533 g/mol. The van der Waals surface area contributed by atoms with Gasteiger partial charge in [0.1, 0.15) is 19.0 Å². The minimum Gasteiger partial charge on any atom is -0.497 e. The van der Waals surface area contributed by atoms with Crippen molar-refractivity contribution >= 4 is 5.91 Å². The summed E-state index contributed by atoms with van der Waals surface area (Å²) in [5.74, 6) is 1.71. The normalized spacial score (nSPS) is 14.2. The minimum atomic E-state index is -0.491. The van der Waals surface area contributed by atoms with Crippen molar-refractivity contribution in [3.63, 3.8) is 0 Å². The van der Waals surface area contributed by atoms with Gasteiger partial charge in [-0.25, -0.2) is 4.68 Å². The Bertz CT molecular complexity index is 1570. The highest BCUT2D eigenvalue weighted by Crippen LogP contribution is 2.42. The zero-order valence-corrected chi connectivity index (χ0v) is 22.0. The number of carbonyl (C=O) groups excluding carboxylic acids is 1. The molecule has 0 saturated heterocycles. The van der Waals surface area contributed by atoms with Crippen LogP contribution in [0.3, 0.4) is 0 Å². The van der Waals surface area contributed by atoms with Crippen LogP contribution in [-0.2, 0) is 19.8 Å². The maximum atomic E-state index is 13.9. The van der Waals surface area contributed by atoms with Crippen LogP contribution in [0.2, 0.25) is 0 Å². The summed E-state index contributed by atoms with van der Waals surface area (Å²) in [6, 6.07) is 31.2. The van der Waals surface area contributed by atoms with Gasteiger partial charge in [0.15, 0.2) is 17.7 Å². The topological polar surface area (TPSA) is 78.7 Å². The first-order valence-electron chi connectivity index (χ1n) is 13.0. The molecule has 1 amide bonds. The van der Waals surface area contributed by atoms with Gasteiger partial charge in [-0.2, -0.15) is 0 Å². The van der Waals surface area contributed by atoms with Gasteiger partial charge in [-0.05, 0) is 41.0 Å². The predicted octanol–water partition coefficient (Wildman–Crippen LogP) is 5.65. The zero-order chi connectivity index (χ0) is 27.3. The van der Waals surface area contributed by atoms with Gasteiger partial charge in [0.25, 0.3) is 5.91 Å². The SMILES string of the molecule is COc1ccc(CN2C(=O)c3cc(OCc4ccccc4)c(OCc4ccccc4)cc3C2n2ccnn2)cc1. The molecule has 6 rings (SSSR count). The van der Waals surface area contributed by atoms with Crippen LogP contribution in [0.4, 0.5) is 0 Å². The van der Waals surface area contributed by atoms with Crippen LogP contribution in [-0.4, -0.2) is 32.9 Å². The molecule has 1 aliphatic rings. The van der Waals surface area contributed by atoms with Gasteiger partial charge >= 0.3 is 0 Å². The largest absolute Gasteiger partial charge is 0.497 e. The van der Waals surface area contributed by atoms with E-state index in [9.17, 15) is 4.79 Å². The van der Waals surface area contributed by atoms with Gasteiger partial charge < -0.3 is 19.1 Å². The molecule has 0 spiro atoms. The predicted molar refractivity (Wildman–Crippen MR) is 149 cm³/mol. The smallest absolute Gasteiger partial charge is 0.256 e. The number of carbonyl (C=O) groups is 1. The lowest BCUT2D eigenvalue weighted by Gasteiger charge is -2.25. The molecule has 5 aromatic rings. The number of nitrogens with zero attached hydrogens (tertiary/aromatic N) is 4. The molecule has 1 aliphatic heterocycles. The fourth-order valence-electron chi connectivity index (χ4n) is 4.82. The summed E-state index contributed by atoms with van der Waals surface area (Å²) in [6.45, 7) is 1.08. The molecular formula is C32H28N4O4. The molecule has 0 fully saturated rings. The van der Waals surface area contributed by atoms with Crippen molar-refractivity contribution in [2.45, 2.75) is 25.9 Å². The Balaban J connectivity index is 1.37. The highest BCUT2D eigenvalue weighted by atomic mass is 16.5. The summed E-state index contributed by atoms with van der Waals surface area (Å²) in [4.78, 5) is 15.7. The number of rotatable bonds is 10. The van der Waals surface area contributed by atoms with Gasteiger partial charge in [0, 0.05) is 18.3 Å². The summed E-state index contributed by atoms with van der Waals surface area (Å²) in [5, 5.41) is 8.26. The Hall–Kier alpha value is -5.11. The fourth-order valence-corrected chi connectivity index (χ4v) is 4.82. The number of aromatic nitrogens is 3. The Morgan fingerprint density at radius 1 is 0.775 bits per heavy atom. The highest BCUT2D eigenvalue weighted by molar-refractivity contribution is 6.00. The Kier molecular flexibility index (Phi) is 7.13. The van der Waals surface area contributed by atoms with Gasteiger partial charge in [-0.1, -0.05) is 78.0 Å². The second-order valence-electron chi connectivity index (χ2n) is 9.47. The lowest BCUT2D eigenvalue weighted by molar-refractivity contribution is 0.0668. The van der Waals surface area contributed by atoms with E-state index in [1.54, 1.807) is 35.2 Å². The second kappa shape index (κ2) is 11.3. The van der Waals surface area contributed by atoms with Gasteiger partial charge in [-0.3, -0.25) is 4.79 Å². The molecule has 1 aromatic heterocycles. The molecule has 1 atom stereocenters. The van der Waals surface area contributed by atoms with Crippen molar-refractivity contribution in [3.8, 4) is 17.2 Å². The molecule has 8 nitrogen and oxygen atoms in total. The van der Waals surface area contributed by atoms with Crippen molar-refractivity contribution < 1.29 is 19.0 Å². The summed E-state index contributed by atoms with van der Waals surface area (Å²) >= 11 is 0. The molecule has 1 unspecified atom stereocenters. The lowest BCUT2D eigenvalue weighted by Crippen LogP contribution is -2.32. The van der Waals surface area contributed by atoms with E-state index in [0.29, 0.717) is 36.8 Å². The molecule has 0 N–H and O–H groups in total. The highest BCUT2D eigenvalue weighted by Gasteiger charge is 2.40. The molecule has 0 aliphatic carbocycles. The molecule has 8 heteroatoms. The molecule has 4 aromatic carbocycles. The van der Waals surface area contributed by atoms with Crippen molar-refractivity contribution in [1.82, 2.24) is 19.9 Å².